The van der Waals surface area contributed by atoms with Crippen LogP contribution in [0.3, 0.4) is 0 Å². The first-order valence-corrected chi connectivity index (χ1v) is 29.9. The number of phenolic OH excluding ortho intramolecular Hbond substituents is 1. The van der Waals surface area contributed by atoms with E-state index < -0.39 is 0 Å². The van der Waals surface area contributed by atoms with Gasteiger partial charge in [0.15, 0.2) is 31.3 Å². The topological polar surface area (TPSA) is 242 Å². The van der Waals surface area contributed by atoms with Crippen LogP contribution in [0, 0.1) is 19.9 Å². The standard InChI is InChI=1S/C25H27N3O5.C12H14BrNO3.C10H11NO2.C8H7NO3.C4H8Br2.Y/c1-16-4-6-19-20(27-16)7-9-23-25(19)33-18(14-31-23)13-26-10-2-3-11-30-17-5-8-22-21(12-17)28-24(29)15-32-22;13-5-1-2-6-16-9-3-4-11-10(7-9)14-12(15)8-17-11;1-7-2-3-9-10(4-7)13-8(5-11)6-12-9;10-5-1-2-7-6(3-5)9-8(11)4-12-7;5-3-1-2-4-6;/h4-9,12,18,26H,2-3,10-11,13-15H2,1H3,(H,28,29);3-4,7H,1-2,5-6,8H2,(H,14,15);2-3,8H,1,5-6,11H2;1-3,10H,4H2,(H,9,11);1-4H2;/q;;-2;;;/t18-;;8-;;;/m0.0.../s1. The second kappa shape index (κ2) is 34.8. The number of carbonyl (C=O) groups is 3. The summed E-state index contributed by atoms with van der Waals surface area (Å²) < 4.78 is 50.2. The third-order valence-corrected chi connectivity index (χ3v) is 13.7. The van der Waals surface area contributed by atoms with Crippen molar-refractivity contribution in [1.82, 2.24) is 10.3 Å². The number of aromatic hydroxyl groups is 1. The van der Waals surface area contributed by atoms with Gasteiger partial charge in [-0.15, -0.1) is 6.07 Å². The van der Waals surface area contributed by atoms with Crippen molar-refractivity contribution in [3.8, 4) is 57.5 Å². The first-order chi connectivity index (χ1) is 39.4. The van der Waals surface area contributed by atoms with Gasteiger partial charge in [-0.3, -0.25) is 25.4 Å². The number of phenols is 1. The number of aryl methyl sites for hydroxylation is 1. The number of aromatic nitrogens is 1. The quantitative estimate of drug-likeness (QED) is 0.0283. The van der Waals surface area contributed by atoms with Gasteiger partial charge >= 0.3 is 0 Å². The fourth-order valence-corrected chi connectivity index (χ4v) is 9.13. The molecule has 3 amide bonds. The molecule has 0 aliphatic carbocycles. The van der Waals surface area contributed by atoms with Gasteiger partial charge in [0.2, 0.25) is 0 Å². The van der Waals surface area contributed by atoms with Gasteiger partial charge in [-0.1, -0.05) is 47.8 Å². The largest absolute Gasteiger partial charge is 0.508 e. The number of hydrogen-bond donors (Lipinski definition) is 6. The molecule has 0 fully saturated rings. The number of benzene rings is 5. The maximum Gasteiger partial charge on any atom is 0.262 e. The van der Waals surface area contributed by atoms with Gasteiger partial charge in [-0.05, 0) is 113 Å². The number of fused-ring (bicyclic) bond motifs is 7. The van der Waals surface area contributed by atoms with Crippen LogP contribution in [0.25, 0.3) is 10.9 Å². The van der Waals surface area contributed by atoms with Crippen LogP contribution in [-0.2, 0) is 47.1 Å². The number of nitrogens with one attached hydrogen (secondary N) is 4. The number of amides is 3. The van der Waals surface area contributed by atoms with Gasteiger partial charge < -0.3 is 93.3 Å². The Morgan fingerprint density at radius 2 is 1.17 bits per heavy atom. The van der Waals surface area contributed by atoms with E-state index in [2.05, 4.69) is 87.0 Å². The zero-order valence-corrected chi connectivity index (χ0v) is 53.1. The Kier molecular flexibility index (Phi) is 27.7. The third kappa shape index (κ3) is 20.8. The first kappa shape index (κ1) is 65.4. The molecule has 5 aliphatic heterocycles. The van der Waals surface area contributed by atoms with Gasteiger partial charge in [0.1, 0.15) is 65.7 Å². The van der Waals surface area contributed by atoms with Crippen LogP contribution in [0.2, 0.25) is 0 Å². The zero-order valence-electron chi connectivity index (χ0n) is 45.5. The number of hydrogen-bond acceptors (Lipinski definition) is 16. The zero-order chi connectivity index (χ0) is 57.3. The summed E-state index contributed by atoms with van der Waals surface area (Å²) in [6, 6.07) is 30.1. The number of carbonyl (C=O) groups excluding carboxylic acids is 3. The van der Waals surface area contributed by atoms with Crippen molar-refractivity contribution >= 4 is 93.5 Å². The summed E-state index contributed by atoms with van der Waals surface area (Å²) in [7, 11) is 0. The number of nitrogens with two attached hydrogens (primary N) is 1. The van der Waals surface area contributed by atoms with Crippen LogP contribution in [0.4, 0.5) is 17.1 Å². The maximum absolute atomic E-state index is 11.4. The normalized spacial score (nSPS) is 15.5. The van der Waals surface area contributed by atoms with Gasteiger partial charge in [0, 0.05) is 96.8 Å². The Morgan fingerprint density at radius 3 is 1.77 bits per heavy atom. The van der Waals surface area contributed by atoms with E-state index in [9.17, 15) is 14.4 Å². The minimum absolute atomic E-state index is 0. The second-order valence-corrected chi connectivity index (χ2v) is 20.9. The molecule has 6 heterocycles. The van der Waals surface area contributed by atoms with Crippen LogP contribution < -0.4 is 69.6 Å². The molecular weight excluding hydrogens is 1330 g/mol. The molecule has 0 spiro atoms. The van der Waals surface area contributed by atoms with Gasteiger partial charge in [-0.2, -0.15) is 0 Å². The van der Waals surface area contributed by atoms with Crippen LogP contribution in [-0.4, -0.2) is 122 Å². The Labute approximate surface area is 528 Å². The smallest absolute Gasteiger partial charge is 0.262 e. The van der Waals surface area contributed by atoms with Crippen LogP contribution in [0.15, 0.2) is 91.0 Å². The number of rotatable bonds is 17. The first-order valence-electron chi connectivity index (χ1n) is 26.5. The minimum atomic E-state index is -0.201. The number of alkyl halides is 3. The second-order valence-electron chi connectivity index (χ2n) is 18.5. The molecule has 1 radical (unpaired) electrons. The van der Waals surface area contributed by atoms with Crippen molar-refractivity contribution in [3.05, 3.63) is 115 Å². The molecule has 0 bridgehead atoms. The number of halogens is 3. The number of nitrogens with zero attached hydrogens (tertiary/aromatic N) is 1. The van der Waals surface area contributed by atoms with Crippen LogP contribution in [0.1, 0.15) is 49.8 Å². The van der Waals surface area contributed by atoms with Gasteiger partial charge in [0.05, 0.1) is 35.8 Å². The summed E-state index contributed by atoms with van der Waals surface area (Å²) in [5.74, 6) is 5.94. The SMILES string of the molecule is BrCCCCBr.Cc1ccc2c3c(ccc2n1)OC[C@H](CNCCCCOc1ccc2c(c1)NC(=O)CO2)O3.O=C1COc2ccc(O)cc2N1.O=C1COc2ccc(OCCCCBr)cc2N1.[CH2-]c1[c-]c2c(cc1)OC[C@H](CN)O2.[Y]. The average molecular weight is 1400 g/mol. The number of unbranched alkanes of at least 4 members (excludes halogenated alkanes) is 3. The maximum atomic E-state index is 11.4. The number of ether oxygens (including phenoxy) is 9. The molecule has 19 nitrogen and oxygen atoms in total. The van der Waals surface area contributed by atoms with Crippen molar-refractivity contribution in [3.63, 3.8) is 0 Å². The molecule has 7 N–H and O–H groups in total. The Morgan fingerprint density at radius 1 is 0.646 bits per heavy atom. The van der Waals surface area contributed by atoms with E-state index in [0.29, 0.717) is 79.6 Å². The Hall–Kier alpha value is -5.75. The van der Waals surface area contributed by atoms with E-state index >= 15 is 0 Å². The molecule has 82 heavy (non-hydrogen) atoms. The summed E-state index contributed by atoms with van der Waals surface area (Å²) >= 11 is 10.0. The molecule has 1 aromatic heterocycles. The van der Waals surface area contributed by atoms with Crippen molar-refractivity contribution in [2.45, 2.75) is 57.7 Å². The van der Waals surface area contributed by atoms with E-state index in [4.69, 9.17) is 53.5 Å². The van der Waals surface area contributed by atoms with E-state index in [-0.39, 0.29) is 88.2 Å². The summed E-state index contributed by atoms with van der Waals surface area (Å²) in [4.78, 5) is 38.0. The monoisotopic (exact) mass is 1390 g/mol. The molecule has 6 aromatic rings. The predicted octanol–water partition coefficient (Wildman–Crippen LogP) is 10.1. The van der Waals surface area contributed by atoms with E-state index in [1.807, 2.05) is 67.6 Å². The summed E-state index contributed by atoms with van der Waals surface area (Å²) in [6.07, 6.45) is 6.43. The summed E-state index contributed by atoms with van der Waals surface area (Å²) in [5, 5.41) is 24.9. The third-order valence-electron chi connectivity index (χ3n) is 12.0. The number of anilines is 3. The summed E-state index contributed by atoms with van der Waals surface area (Å²) in [5.41, 5.74) is 10.0. The molecule has 23 heteroatoms. The van der Waals surface area contributed by atoms with Crippen LogP contribution >= 0.6 is 47.8 Å². The fraction of sp³-hybridized carbons (Fsp3) is 0.373. The summed E-state index contributed by atoms with van der Waals surface area (Å²) in [6.45, 7) is 10.2. The minimum Gasteiger partial charge on any atom is -0.508 e. The molecule has 0 saturated heterocycles. The molecular formula is C59H67Br3N6O13Y-2. The molecule has 0 saturated carbocycles. The molecule has 5 aromatic carbocycles. The van der Waals surface area contributed by atoms with Crippen molar-refractivity contribution in [2.24, 2.45) is 5.73 Å². The molecule has 437 valence electrons. The predicted molar refractivity (Wildman–Crippen MR) is 321 cm³/mol. The van der Waals surface area contributed by atoms with Gasteiger partial charge in [0.25, 0.3) is 17.7 Å². The van der Waals surface area contributed by atoms with Crippen molar-refractivity contribution < 1.29 is 94.8 Å². The van der Waals surface area contributed by atoms with E-state index in [0.717, 1.165) is 99.1 Å². The number of pyridine rings is 1. The van der Waals surface area contributed by atoms with Gasteiger partial charge in [-0.25, -0.2) is 0 Å². The Bertz CT molecular complexity index is 3030. The average Bonchev–Trinajstić information content (AvgIpc) is 3.58. The van der Waals surface area contributed by atoms with Crippen molar-refractivity contribution in [1.29, 1.82) is 0 Å². The van der Waals surface area contributed by atoms with Crippen LogP contribution in [0.5, 0.6) is 57.5 Å². The van der Waals surface area contributed by atoms with E-state index in [1.165, 1.54) is 25.0 Å². The van der Waals surface area contributed by atoms with Crippen molar-refractivity contribution in [2.75, 3.05) is 97.8 Å². The molecule has 11 rings (SSSR count). The van der Waals surface area contributed by atoms with E-state index in [1.54, 1.807) is 18.2 Å². The molecule has 0 unspecified atom stereocenters. The Balaban J connectivity index is 0.000000185. The molecule has 5 aliphatic rings. The fourth-order valence-electron chi connectivity index (χ4n) is 7.94. The molecule has 2 atom stereocenters.